The van der Waals surface area contributed by atoms with E-state index in [9.17, 15) is 4.79 Å². The van der Waals surface area contributed by atoms with Crippen molar-refractivity contribution in [3.8, 4) is 0 Å². The lowest BCUT2D eigenvalue weighted by molar-refractivity contribution is 0.0978. The van der Waals surface area contributed by atoms with E-state index < -0.39 is 0 Å². The number of hydrogen-bond donors (Lipinski definition) is 1. The zero-order chi connectivity index (χ0) is 11.3. The zero-order valence-electron chi connectivity index (χ0n) is 9.36. The summed E-state index contributed by atoms with van der Waals surface area (Å²) in [5, 5.41) is 0. The molecule has 1 atom stereocenters. The van der Waals surface area contributed by atoms with Crippen LogP contribution in [0.1, 0.15) is 42.2 Å². The Morgan fingerprint density at radius 1 is 1.53 bits per heavy atom. The summed E-state index contributed by atoms with van der Waals surface area (Å²) in [4.78, 5) is 15.8. The molecule has 0 bridgehead atoms. The molecule has 1 heterocycles. The number of pyridine rings is 1. The molecule has 82 valence electrons. The molecule has 0 aliphatic rings. The summed E-state index contributed by atoms with van der Waals surface area (Å²) < 4.78 is 0. The molecule has 0 spiro atoms. The molecule has 0 amide bonds. The number of carbonyl (C=O) groups is 1. The average Bonchev–Trinajstić information content (AvgIpc) is 2.18. The predicted octanol–water partition coefficient (Wildman–Crippen LogP) is 2.09. The highest BCUT2D eigenvalue weighted by molar-refractivity contribution is 5.95. The number of nitrogens with two attached hydrogens (primary N) is 1. The van der Waals surface area contributed by atoms with Gasteiger partial charge in [-0.3, -0.25) is 9.78 Å². The lowest BCUT2D eigenvalue weighted by Gasteiger charge is -2.04. The number of rotatable bonds is 5. The largest absolute Gasteiger partial charge is 0.328 e. The van der Waals surface area contributed by atoms with Gasteiger partial charge in [0, 0.05) is 29.9 Å². The van der Waals surface area contributed by atoms with Gasteiger partial charge in [0.25, 0.3) is 0 Å². The van der Waals surface area contributed by atoms with Crippen molar-refractivity contribution in [2.24, 2.45) is 5.73 Å². The van der Waals surface area contributed by atoms with Gasteiger partial charge in [0.1, 0.15) is 0 Å². The Kier molecular flexibility index (Phi) is 4.43. The van der Waals surface area contributed by atoms with Gasteiger partial charge in [-0.1, -0.05) is 0 Å². The SMILES string of the molecule is Cc1ccc(C(=O)CCCC(C)N)cn1. The average molecular weight is 206 g/mol. The molecule has 0 aliphatic heterocycles. The van der Waals surface area contributed by atoms with Crippen LogP contribution in [-0.2, 0) is 0 Å². The molecule has 1 aromatic heterocycles. The standard InChI is InChI=1S/C12H18N2O/c1-9(13)4-3-5-12(15)11-7-6-10(2)14-8-11/h6-9H,3-5,13H2,1-2H3. The van der Waals surface area contributed by atoms with Crippen molar-refractivity contribution in [3.05, 3.63) is 29.6 Å². The minimum Gasteiger partial charge on any atom is -0.328 e. The van der Waals surface area contributed by atoms with Crippen LogP contribution < -0.4 is 5.73 Å². The van der Waals surface area contributed by atoms with E-state index in [0.717, 1.165) is 18.5 Å². The number of carbonyl (C=O) groups excluding carboxylic acids is 1. The number of aromatic nitrogens is 1. The van der Waals surface area contributed by atoms with Crippen molar-refractivity contribution >= 4 is 5.78 Å². The summed E-state index contributed by atoms with van der Waals surface area (Å²) in [5.74, 6) is 0.156. The Morgan fingerprint density at radius 3 is 2.80 bits per heavy atom. The van der Waals surface area contributed by atoms with Crippen LogP contribution >= 0.6 is 0 Å². The number of aryl methyl sites for hydroxylation is 1. The third kappa shape index (κ3) is 4.21. The van der Waals surface area contributed by atoms with Gasteiger partial charge in [-0.05, 0) is 38.8 Å². The van der Waals surface area contributed by atoms with Gasteiger partial charge in [0.05, 0.1) is 0 Å². The maximum absolute atomic E-state index is 11.7. The molecule has 1 rings (SSSR count). The van der Waals surface area contributed by atoms with Crippen molar-refractivity contribution in [2.75, 3.05) is 0 Å². The molecular weight excluding hydrogens is 188 g/mol. The van der Waals surface area contributed by atoms with Crippen molar-refractivity contribution in [1.82, 2.24) is 4.98 Å². The van der Waals surface area contributed by atoms with Crippen LogP contribution in [-0.4, -0.2) is 16.8 Å². The Balaban J connectivity index is 2.43. The van der Waals surface area contributed by atoms with E-state index in [-0.39, 0.29) is 11.8 Å². The van der Waals surface area contributed by atoms with Gasteiger partial charge < -0.3 is 5.73 Å². The maximum Gasteiger partial charge on any atom is 0.164 e. The van der Waals surface area contributed by atoms with Gasteiger partial charge in [0.15, 0.2) is 5.78 Å². The first-order valence-corrected chi connectivity index (χ1v) is 5.31. The maximum atomic E-state index is 11.7. The second-order valence-electron chi connectivity index (χ2n) is 3.98. The lowest BCUT2D eigenvalue weighted by atomic mass is 10.1. The van der Waals surface area contributed by atoms with Gasteiger partial charge in [-0.15, -0.1) is 0 Å². The molecule has 2 N–H and O–H groups in total. The van der Waals surface area contributed by atoms with E-state index >= 15 is 0 Å². The summed E-state index contributed by atoms with van der Waals surface area (Å²) in [6.07, 6.45) is 3.95. The van der Waals surface area contributed by atoms with E-state index in [0.29, 0.717) is 12.0 Å². The Labute approximate surface area is 90.7 Å². The first-order valence-electron chi connectivity index (χ1n) is 5.31. The molecule has 3 nitrogen and oxygen atoms in total. The lowest BCUT2D eigenvalue weighted by Crippen LogP contribution is -2.14. The van der Waals surface area contributed by atoms with Crippen LogP contribution in [0.5, 0.6) is 0 Å². The molecule has 0 fully saturated rings. The number of hydrogen-bond acceptors (Lipinski definition) is 3. The van der Waals surface area contributed by atoms with Gasteiger partial charge in [0.2, 0.25) is 0 Å². The highest BCUT2D eigenvalue weighted by atomic mass is 16.1. The predicted molar refractivity (Wildman–Crippen MR) is 60.8 cm³/mol. The highest BCUT2D eigenvalue weighted by Crippen LogP contribution is 2.07. The smallest absolute Gasteiger partial charge is 0.164 e. The summed E-state index contributed by atoms with van der Waals surface area (Å²) in [7, 11) is 0. The molecule has 0 saturated heterocycles. The van der Waals surface area contributed by atoms with Crippen LogP contribution in [0.4, 0.5) is 0 Å². The minimum absolute atomic E-state index is 0.156. The normalized spacial score (nSPS) is 12.5. The molecule has 1 unspecified atom stereocenters. The molecule has 0 aliphatic carbocycles. The fourth-order valence-corrected chi connectivity index (χ4v) is 1.36. The molecule has 0 saturated carbocycles. The highest BCUT2D eigenvalue weighted by Gasteiger charge is 2.06. The number of nitrogens with zero attached hydrogens (tertiary/aromatic N) is 1. The monoisotopic (exact) mass is 206 g/mol. The van der Waals surface area contributed by atoms with Crippen molar-refractivity contribution in [3.63, 3.8) is 0 Å². The van der Waals surface area contributed by atoms with Crippen molar-refractivity contribution < 1.29 is 4.79 Å². The van der Waals surface area contributed by atoms with E-state index in [1.54, 1.807) is 6.20 Å². The molecular formula is C12H18N2O. The second-order valence-corrected chi connectivity index (χ2v) is 3.98. The van der Waals surface area contributed by atoms with Crippen LogP contribution in [0, 0.1) is 6.92 Å². The van der Waals surface area contributed by atoms with Crippen LogP contribution in [0.2, 0.25) is 0 Å². The fourth-order valence-electron chi connectivity index (χ4n) is 1.36. The molecule has 15 heavy (non-hydrogen) atoms. The Hall–Kier alpha value is -1.22. The Morgan fingerprint density at radius 2 is 2.27 bits per heavy atom. The molecule has 0 radical (unpaired) electrons. The second kappa shape index (κ2) is 5.61. The van der Waals surface area contributed by atoms with E-state index in [1.165, 1.54) is 0 Å². The number of ketones is 1. The van der Waals surface area contributed by atoms with Gasteiger partial charge in [-0.25, -0.2) is 0 Å². The van der Waals surface area contributed by atoms with Crippen molar-refractivity contribution in [1.29, 1.82) is 0 Å². The molecule has 3 heteroatoms. The fraction of sp³-hybridized carbons (Fsp3) is 0.500. The molecule has 0 aromatic carbocycles. The Bertz CT molecular complexity index is 317. The minimum atomic E-state index is 0.156. The third-order valence-electron chi connectivity index (χ3n) is 2.30. The first kappa shape index (κ1) is 11.9. The van der Waals surface area contributed by atoms with Crippen LogP contribution in [0.3, 0.4) is 0 Å². The van der Waals surface area contributed by atoms with E-state index in [4.69, 9.17) is 5.73 Å². The quantitative estimate of drug-likeness (QED) is 0.750. The van der Waals surface area contributed by atoms with E-state index in [2.05, 4.69) is 4.98 Å². The summed E-state index contributed by atoms with van der Waals surface area (Å²) in [6, 6.07) is 3.86. The van der Waals surface area contributed by atoms with E-state index in [1.807, 2.05) is 26.0 Å². The van der Waals surface area contributed by atoms with Crippen LogP contribution in [0.25, 0.3) is 0 Å². The topological polar surface area (TPSA) is 56.0 Å². The summed E-state index contributed by atoms with van der Waals surface area (Å²) in [6.45, 7) is 3.86. The van der Waals surface area contributed by atoms with Gasteiger partial charge in [-0.2, -0.15) is 0 Å². The number of Topliss-reactive ketones (excluding diaryl/α,β-unsaturated/α-hetero) is 1. The first-order chi connectivity index (χ1) is 7.09. The molecule has 1 aromatic rings. The summed E-state index contributed by atoms with van der Waals surface area (Å²) in [5.41, 5.74) is 7.25. The third-order valence-corrected chi connectivity index (χ3v) is 2.30. The van der Waals surface area contributed by atoms with Crippen molar-refractivity contribution in [2.45, 2.75) is 39.2 Å². The summed E-state index contributed by atoms with van der Waals surface area (Å²) >= 11 is 0. The van der Waals surface area contributed by atoms with Gasteiger partial charge >= 0.3 is 0 Å². The zero-order valence-corrected chi connectivity index (χ0v) is 9.36. The van der Waals surface area contributed by atoms with Crippen LogP contribution in [0.15, 0.2) is 18.3 Å².